The number of benzene rings is 2. The fraction of sp³-hybridized carbons (Fsp3) is 0.571. The highest BCUT2D eigenvalue weighted by molar-refractivity contribution is 6.30. The molecule has 2 saturated carbocycles. The second-order valence-electron chi connectivity index (χ2n) is 9.84. The van der Waals surface area contributed by atoms with Crippen molar-refractivity contribution in [1.82, 2.24) is 0 Å². The predicted molar refractivity (Wildman–Crippen MR) is 127 cm³/mol. The molecule has 162 valence electrons. The molecule has 0 heterocycles. The first-order valence-corrected chi connectivity index (χ1v) is 12.6. The Balaban J connectivity index is 1.24. The van der Waals surface area contributed by atoms with Crippen molar-refractivity contribution in [1.29, 1.82) is 0 Å². The lowest BCUT2D eigenvalue weighted by Crippen LogP contribution is -2.17. The first kappa shape index (κ1) is 21.9. The standard InChI is InChI=1S/C28H36ClF/c1-2-20-3-5-21(6-4-20)7-8-22-9-11-23(12-10-22)24-13-15-25(16-14-24)26-17-18-27(29)28(30)19-26/h13-23H,2-12H2,1H3/t20-,21-,22-,23-. The van der Waals surface area contributed by atoms with Gasteiger partial charge < -0.3 is 0 Å². The minimum atomic E-state index is -0.352. The maximum absolute atomic E-state index is 13.8. The van der Waals surface area contributed by atoms with Crippen molar-refractivity contribution >= 4 is 11.6 Å². The highest BCUT2D eigenvalue weighted by Gasteiger charge is 2.25. The Hall–Kier alpha value is -1.34. The van der Waals surface area contributed by atoms with Crippen molar-refractivity contribution in [2.75, 3.05) is 0 Å². The molecule has 30 heavy (non-hydrogen) atoms. The Morgan fingerprint density at radius 3 is 1.83 bits per heavy atom. The summed E-state index contributed by atoms with van der Waals surface area (Å²) in [7, 11) is 0. The molecule has 0 N–H and O–H groups in total. The van der Waals surface area contributed by atoms with Crippen LogP contribution < -0.4 is 0 Å². The van der Waals surface area contributed by atoms with Gasteiger partial charge in [-0.15, -0.1) is 0 Å². The van der Waals surface area contributed by atoms with E-state index in [9.17, 15) is 4.39 Å². The van der Waals surface area contributed by atoms with Crippen molar-refractivity contribution in [3.05, 3.63) is 58.9 Å². The molecule has 0 aromatic heterocycles. The summed E-state index contributed by atoms with van der Waals surface area (Å²) in [5.74, 6) is 3.31. The Labute approximate surface area is 187 Å². The van der Waals surface area contributed by atoms with E-state index in [0.29, 0.717) is 5.92 Å². The van der Waals surface area contributed by atoms with Crippen LogP contribution in [0.15, 0.2) is 42.5 Å². The molecule has 0 saturated heterocycles. The quantitative estimate of drug-likeness (QED) is 0.431. The predicted octanol–water partition coefficient (Wildman–Crippen LogP) is 9.42. The Kier molecular flexibility index (Phi) is 7.52. The second kappa shape index (κ2) is 10.3. The van der Waals surface area contributed by atoms with Crippen LogP contribution in [0.3, 0.4) is 0 Å². The molecule has 0 spiro atoms. The van der Waals surface area contributed by atoms with Crippen LogP contribution in [0.4, 0.5) is 4.39 Å². The molecule has 2 fully saturated rings. The molecular weight excluding hydrogens is 391 g/mol. The average Bonchev–Trinajstić information content (AvgIpc) is 2.80. The molecule has 0 radical (unpaired) electrons. The number of hydrogen-bond acceptors (Lipinski definition) is 0. The van der Waals surface area contributed by atoms with Crippen LogP contribution in [0.1, 0.15) is 89.0 Å². The molecule has 0 atom stereocenters. The summed E-state index contributed by atoms with van der Waals surface area (Å²) in [6, 6.07) is 13.8. The molecule has 0 unspecified atom stereocenters. The van der Waals surface area contributed by atoms with Gasteiger partial charge in [-0.1, -0.05) is 93.8 Å². The van der Waals surface area contributed by atoms with Crippen molar-refractivity contribution in [3.63, 3.8) is 0 Å². The highest BCUT2D eigenvalue weighted by Crippen LogP contribution is 2.40. The zero-order valence-electron chi connectivity index (χ0n) is 18.4. The molecule has 2 aliphatic rings. The fourth-order valence-electron chi connectivity index (χ4n) is 5.81. The zero-order valence-corrected chi connectivity index (χ0v) is 19.1. The summed E-state index contributed by atoms with van der Waals surface area (Å²) in [6.45, 7) is 2.36. The van der Waals surface area contributed by atoms with E-state index in [4.69, 9.17) is 11.6 Å². The first-order chi connectivity index (χ1) is 14.6. The third kappa shape index (κ3) is 5.47. The van der Waals surface area contributed by atoms with E-state index in [-0.39, 0.29) is 10.8 Å². The van der Waals surface area contributed by atoms with Crippen molar-refractivity contribution in [3.8, 4) is 11.1 Å². The Morgan fingerprint density at radius 1 is 0.733 bits per heavy atom. The molecule has 2 heteroatoms. The van der Waals surface area contributed by atoms with Gasteiger partial charge in [0.05, 0.1) is 5.02 Å². The number of halogens is 2. The van der Waals surface area contributed by atoms with Crippen LogP contribution in [0.2, 0.25) is 5.02 Å². The minimum Gasteiger partial charge on any atom is -0.205 e. The van der Waals surface area contributed by atoms with Crippen molar-refractivity contribution < 1.29 is 4.39 Å². The van der Waals surface area contributed by atoms with Gasteiger partial charge in [-0.2, -0.15) is 0 Å². The van der Waals surface area contributed by atoms with E-state index in [1.165, 1.54) is 82.3 Å². The van der Waals surface area contributed by atoms with E-state index in [2.05, 4.69) is 31.2 Å². The monoisotopic (exact) mass is 426 g/mol. The lowest BCUT2D eigenvalue weighted by Gasteiger charge is -2.32. The van der Waals surface area contributed by atoms with Gasteiger partial charge in [0.2, 0.25) is 0 Å². The molecule has 0 nitrogen and oxygen atoms in total. The third-order valence-electron chi connectivity index (χ3n) is 8.01. The lowest BCUT2D eigenvalue weighted by molar-refractivity contribution is 0.227. The van der Waals surface area contributed by atoms with Crippen LogP contribution in [0, 0.1) is 23.6 Å². The van der Waals surface area contributed by atoms with E-state index in [0.717, 1.165) is 28.9 Å². The van der Waals surface area contributed by atoms with Crippen LogP contribution in [-0.4, -0.2) is 0 Å². The molecule has 4 rings (SSSR count). The Bertz CT molecular complexity index is 796. The van der Waals surface area contributed by atoms with Crippen LogP contribution in [-0.2, 0) is 0 Å². The smallest absolute Gasteiger partial charge is 0.142 e. The molecule has 2 aromatic carbocycles. The van der Waals surface area contributed by atoms with Crippen LogP contribution in [0.5, 0.6) is 0 Å². The maximum atomic E-state index is 13.8. The molecule has 2 aliphatic carbocycles. The first-order valence-electron chi connectivity index (χ1n) is 12.2. The molecule has 0 amide bonds. The molecule has 0 bridgehead atoms. The number of rotatable bonds is 6. The summed E-state index contributed by atoms with van der Waals surface area (Å²) >= 11 is 5.81. The van der Waals surface area contributed by atoms with Crippen LogP contribution >= 0.6 is 11.6 Å². The van der Waals surface area contributed by atoms with Gasteiger partial charge in [-0.3, -0.25) is 0 Å². The molecular formula is C28H36ClF. The summed E-state index contributed by atoms with van der Waals surface area (Å²) in [5, 5.41) is 0.181. The summed E-state index contributed by atoms with van der Waals surface area (Å²) in [5.41, 5.74) is 3.39. The van der Waals surface area contributed by atoms with Gasteiger partial charge in [0.1, 0.15) is 5.82 Å². The van der Waals surface area contributed by atoms with E-state index in [1.54, 1.807) is 6.07 Å². The average molecular weight is 427 g/mol. The van der Waals surface area contributed by atoms with Gasteiger partial charge >= 0.3 is 0 Å². The summed E-state index contributed by atoms with van der Waals surface area (Å²) in [4.78, 5) is 0. The van der Waals surface area contributed by atoms with Gasteiger partial charge in [0.25, 0.3) is 0 Å². The van der Waals surface area contributed by atoms with Gasteiger partial charge in [-0.25, -0.2) is 4.39 Å². The topological polar surface area (TPSA) is 0 Å². The normalized spacial score (nSPS) is 27.2. The summed E-state index contributed by atoms with van der Waals surface area (Å²) < 4.78 is 13.8. The van der Waals surface area contributed by atoms with E-state index >= 15 is 0 Å². The van der Waals surface area contributed by atoms with Crippen LogP contribution in [0.25, 0.3) is 11.1 Å². The van der Waals surface area contributed by atoms with Gasteiger partial charge in [0.15, 0.2) is 0 Å². The van der Waals surface area contributed by atoms with E-state index < -0.39 is 0 Å². The third-order valence-corrected chi connectivity index (χ3v) is 8.32. The van der Waals surface area contributed by atoms with E-state index in [1.807, 2.05) is 6.07 Å². The zero-order chi connectivity index (χ0) is 20.9. The highest BCUT2D eigenvalue weighted by atomic mass is 35.5. The van der Waals surface area contributed by atoms with Gasteiger partial charge in [0, 0.05) is 0 Å². The summed E-state index contributed by atoms with van der Waals surface area (Å²) in [6.07, 6.45) is 15.7. The minimum absolute atomic E-state index is 0.181. The number of hydrogen-bond donors (Lipinski definition) is 0. The second-order valence-corrected chi connectivity index (χ2v) is 10.2. The fourth-order valence-corrected chi connectivity index (χ4v) is 5.93. The maximum Gasteiger partial charge on any atom is 0.142 e. The van der Waals surface area contributed by atoms with Gasteiger partial charge in [-0.05, 0) is 78.2 Å². The lowest BCUT2D eigenvalue weighted by atomic mass is 9.74. The van der Waals surface area contributed by atoms with Crippen molar-refractivity contribution in [2.24, 2.45) is 17.8 Å². The van der Waals surface area contributed by atoms with Crippen molar-refractivity contribution in [2.45, 2.75) is 83.5 Å². The largest absolute Gasteiger partial charge is 0.205 e. The Morgan fingerprint density at radius 2 is 1.27 bits per heavy atom. The molecule has 2 aromatic rings. The SMILES string of the molecule is CC[C@H]1CC[C@H](CC[C@H]2CC[C@H](c3ccc(-c4ccc(Cl)c(F)c4)cc3)CC2)CC1. The molecule has 0 aliphatic heterocycles.